The van der Waals surface area contributed by atoms with E-state index < -0.39 is 0 Å². The number of halogens is 1. The van der Waals surface area contributed by atoms with Gasteiger partial charge in [-0.1, -0.05) is 6.07 Å². The van der Waals surface area contributed by atoms with Crippen molar-refractivity contribution in [2.45, 2.75) is 6.42 Å². The fourth-order valence-corrected chi connectivity index (χ4v) is 1.37. The first-order chi connectivity index (χ1) is 5.27. The SMILES string of the molecule is [CH2]Cc1ccc(NN)c(Br)c1. The van der Waals surface area contributed by atoms with Crippen molar-refractivity contribution >= 4 is 21.6 Å². The van der Waals surface area contributed by atoms with Gasteiger partial charge in [-0.3, -0.25) is 5.84 Å². The van der Waals surface area contributed by atoms with Crippen LogP contribution in [0.3, 0.4) is 0 Å². The molecule has 1 rings (SSSR count). The van der Waals surface area contributed by atoms with Gasteiger partial charge in [0.2, 0.25) is 0 Å². The van der Waals surface area contributed by atoms with Gasteiger partial charge >= 0.3 is 0 Å². The number of nitrogens with one attached hydrogen (secondary N) is 1. The van der Waals surface area contributed by atoms with Gasteiger partial charge in [-0.15, -0.1) is 0 Å². The molecule has 1 aromatic rings. The van der Waals surface area contributed by atoms with Crippen LogP contribution in [-0.4, -0.2) is 0 Å². The van der Waals surface area contributed by atoms with Crippen LogP contribution in [-0.2, 0) is 6.42 Å². The van der Waals surface area contributed by atoms with Crippen LogP contribution in [0, 0.1) is 6.92 Å². The number of hydrazine groups is 1. The minimum atomic E-state index is 0.795. The molecule has 0 fully saturated rings. The first-order valence-corrected chi connectivity index (χ1v) is 4.11. The molecule has 0 aromatic heterocycles. The largest absolute Gasteiger partial charge is 0.323 e. The van der Waals surface area contributed by atoms with E-state index in [0.29, 0.717) is 0 Å². The summed E-state index contributed by atoms with van der Waals surface area (Å²) in [4.78, 5) is 0. The number of anilines is 1. The maximum atomic E-state index is 5.25. The number of rotatable bonds is 2. The summed E-state index contributed by atoms with van der Waals surface area (Å²) in [5, 5.41) is 0. The molecule has 0 heterocycles. The van der Waals surface area contributed by atoms with Crippen LogP contribution in [0.1, 0.15) is 5.56 Å². The third-order valence-corrected chi connectivity index (χ3v) is 2.13. The molecule has 3 heteroatoms. The first kappa shape index (κ1) is 8.56. The second-order valence-corrected chi connectivity index (χ2v) is 3.06. The molecule has 1 aromatic carbocycles. The number of nitrogens with two attached hydrogens (primary N) is 1. The van der Waals surface area contributed by atoms with Crippen LogP contribution in [0.4, 0.5) is 5.69 Å². The summed E-state index contributed by atoms with van der Waals surface area (Å²) in [6.07, 6.45) is 0.795. The van der Waals surface area contributed by atoms with E-state index in [-0.39, 0.29) is 0 Å². The molecule has 0 aliphatic rings. The molecule has 1 radical (unpaired) electrons. The average molecular weight is 214 g/mol. The molecule has 0 atom stereocenters. The highest BCUT2D eigenvalue weighted by atomic mass is 79.9. The Balaban J connectivity index is 2.99. The molecule has 0 spiro atoms. The predicted molar refractivity (Wildman–Crippen MR) is 51.0 cm³/mol. The summed E-state index contributed by atoms with van der Waals surface area (Å²) < 4.78 is 0.973. The highest BCUT2D eigenvalue weighted by Crippen LogP contribution is 2.22. The average Bonchev–Trinajstić information content (AvgIpc) is 2.04. The zero-order chi connectivity index (χ0) is 8.27. The van der Waals surface area contributed by atoms with Crippen molar-refractivity contribution < 1.29 is 0 Å². The molecule has 0 unspecified atom stereocenters. The summed E-state index contributed by atoms with van der Waals surface area (Å²) >= 11 is 3.38. The summed E-state index contributed by atoms with van der Waals surface area (Å²) in [6.45, 7) is 3.78. The van der Waals surface area contributed by atoms with Crippen LogP contribution in [0.2, 0.25) is 0 Å². The smallest absolute Gasteiger partial charge is 0.0627 e. The van der Waals surface area contributed by atoms with Gasteiger partial charge in [0, 0.05) is 4.47 Å². The Labute approximate surface area is 74.9 Å². The van der Waals surface area contributed by atoms with Crippen molar-refractivity contribution in [1.82, 2.24) is 0 Å². The second-order valence-electron chi connectivity index (χ2n) is 2.21. The maximum Gasteiger partial charge on any atom is 0.0627 e. The van der Waals surface area contributed by atoms with Gasteiger partial charge in [-0.2, -0.15) is 0 Å². The fraction of sp³-hybridized carbons (Fsp3) is 0.125. The summed E-state index contributed by atoms with van der Waals surface area (Å²) in [6, 6.07) is 5.92. The van der Waals surface area contributed by atoms with Crippen LogP contribution in [0.5, 0.6) is 0 Å². The molecular weight excluding hydrogens is 204 g/mol. The standard InChI is InChI=1S/C8H10BrN2/c1-2-6-3-4-8(11-10)7(9)5-6/h3-5,11H,1-2,10H2. The van der Waals surface area contributed by atoms with Crippen LogP contribution < -0.4 is 11.3 Å². The number of nitrogen functional groups attached to an aromatic ring is 1. The quantitative estimate of drug-likeness (QED) is 0.584. The van der Waals surface area contributed by atoms with Crippen LogP contribution in [0.25, 0.3) is 0 Å². The number of hydrogen-bond donors (Lipinski definition) is 2. The molecule has 0 aliphatic heterocycles. The van der Waals surface area contributed by atoms with E-state index in [1.54, 1.807) is 0 Å². The van der Waals surface area contributed by atoms with Crippen molar-refractivity contribution in [3.05, 3.63) is 35.2 Å². The molecule has 3 N–H and O–H groups in total. The molecule has 0 saturated heterocycles. The highest BCUT2D eigenvalue weighted by Gasteiger charge is 1.97. The lowest BCUT2D eigenvalue weighted by Crippen LogP contribution is -2.07. The molecule has 11 heavy (non-hydrogen) atoms. The van der Waals surface area contributed by atoms with Gasteiger partial charge in [0.15, 0.2) is 0 Å². The van der Waals surface area contributed by atoms with Crippen LogP contribution in [0.15, 0.2) is 22.7 Å². The second kappa shape index (κ2) is 3.74. The Morgan fingerprint density at radius 3 is 2.73 bits per heavy atom. The van der Waals surface area contributed by atoms with Gasteiger partial charge in [-0.05, 0) is 47.0 Å². The van der Waals surface area contributed by atoms with Gasteiger partial charge < -0.3 is 5.43 Å². The molecule has 0 bridgehead atoms. The Morgan fingerprint density at radius 1 is 1.55 bits per heavy atom. The van der Waals surface area contributed by atoms with Crippen molar-refractivity contribution in [3.8, 4) is 0 Å². The van der Waals surface area contributed by atoms with Crippen molar-refractivity contribution in [2.24, 2.45) is 5.84 Å². The van der Waals surface area contributed by atoms with Gasteiger partial charge in [0.1, 0.15) is 0 Å². The van der Waals surface area contributed by atoms with E-state index in [1.165, 1.54) is 5.56 Å². The monoisotopic (exact) mass is 213 g/mol. The van der Waals surface area contributed by atoms with Crippen molar-refractivity contribution in [1.29, 1.82) is 0 Å². The van der Waals surface area contributed by atoms with E-state index in [4.69, 9.17) is 5.84 Å². The van der Waals surface area contributed by atoms with Crippen molar-refractivity contribution in [3.63, 3.8) is 0 Å². The topological polar surface area (TPSA) is 38.0 Å². The summed E-state index contributed by atoms with van der Waals surface area (Å²) in [5.74, 6) is 5.25. The Bertz CT molecular complexity index is 248. The normalized spacial score (nSPS) is 9.73. The van der Waals surface area contributed by atoms with E-state index in [0.717, 1.165) is 16.6 Å². The Kier molecular flexibility index (Phi) is 2.91. The third-order valence-electron chi connectivity index (χ3n) is 1.48. The minimum absolute atomic E-state index is 0.795. The Hall–Kier alpha value is -0.540. The van der Waals surface area contributed by atoms with Crippen molar-refractivity contribution in [2.75, 3.05) is 5.43 Å². The molecular formula is C8H10BrN2. The van der Waals surface area contributed by atoms with Gasteiger partial charge in [0.25, 0.3) is 0 Å². The minimum Gasteiger partial charge on any atom is -0.323 e. The van der Waals surface area contributed by atoms with Gasteiger partial charge in [-0.25, -0.2) is 0 Å². The summed E-state index contributed by atoms with van der Waals surface area (Å²) in [7, 11) is 0. The highest BCUT2D eigenvalue weighted by molar-refractivity contribution is 9.10. The predicted octanol–water partition coefficient (Wildman–Crippen LogP) is 2.11. The zero-order valence-corrected chi connectivity index (χ0v) is 7.69. The lowest BCUT2D eigenvalue weighted by Gasteiger charge is -2.04. The zero-order valence-electron chi connectivity index (χ0n) is 6.10. The number of hydrogen-bond acceptors (Lipinski definition) is 2. The summed E-state index contributed by atoms with van der Waals surface area (Å²) in [5.41, 5.74) is 4.66. The first-order valence-electron chi connectivity index (χ1n) is 3.32. The fourth-order valence-electron chi connectivity index (χ4n) is 0.831. The van der Waals surface area contributed by atoms with E-state index >= 15 is 0 Å². The molecule has 0 amide bonds. The molecule has 0 saturated carbocycles. The third kappa shape index (κ3) is 1.94. The van der Waals surface area contributed by atoms with Gasteiger partial charge in [0.05, 0.1) is 5.69 Å². The molecule has 2 nitrogen and oxygen atoms in total. The van der Waals surface area contributed by atoms with E-state index in [1.807, 2.05) is 18.2 Å². The van der Waals surface area contributed by atoms with E-state index in [9.17, 15) is 0 Å². The maximum absolute atomic E-state index is 5.25. The lowest BCUT2D eigenvalue weighted by atomic mass is 10.2. The lowest BCUT2D eigenvalue weighted by molar-refractivity contribution is 1.25. The van der Waals surface area contributed by atoms with Crippen LogP contribution >= 0.6 is 15.9 Å². The molecule has 59 valence electrons. The number of benzene rings is 1. The molecule has 0 aliphatic carbocycles. The van der Waals surface area contributed by atoms with E-state index in [2.05, 4.69) is 28.3 Å². The Morgan fingerprint density at radius 2 is 2.27 bits per heavy atom.